The number of fused-ring (bicyclic) bond motifs is 1. The smallest absolute Gasteiger partial charge is 0.350 e. The number of halogens is 1. The fourth-order valence-electron chi connectivity index (χ4n) is 4.07. The van der Waals surface area contributed by atoms with Gasteiger partial charge in [0.05, 0.1) is 13.7 Å². The number of anilines is 1. The standard InChI is InChI=1S/C24H23FN8O3/c1-35-17-12-16(18(25)15-4-2-11-36-20(15)17)19(30-14-7-5-13(6-8-14)21(26)27)22-31-24(34)33(32-22)23-28-9-3-10-29-23/h3,5-10,12,19,30H,2,4,11H2,1H3,(H3,26,27)(H,31,32,34). The largest absolute Gasteiger partial charge is 0.493 e. The zero-order valence-electron chi connectivity index (χ0n) is 19.3. The number of benzene rings is 2. The average molecular weight is 490 g/mol. The molecule has 36 heavy (non-hydrogen) atoms. The molecule has 0 aliphatic carbocycles. The highest BCUT2D eigenvalue weighted by Crippen LogP contribution is 2.41. The van der Waals surface area contributed by atoms with Gasteiger partial charge in [0.25, 0.3) is 5.95 Å². The van der Waals surface area contributed by atoms with Crippen molar-refractivity contribution in [3.8, 4) is 17.4 Å². The van der Waals surface area contributed by atoms with E-state index in [-0.39, 0.29) is 23.2 Å². The average Bonchev–Trinajstić information content (AvgIpc) is 3.30. The maximum Gasteiger partial charge on any atom is 0.350 e. The van der Waals surface area contributed by atoms with E-state index in [4.69, 9.17) is 20.6 Å². The molecular weight excluding hydrogens is 467 g/mol. The molecule has 2 aromatic carbocycles. The zero-order valence-corrected chi connectivity index (χ0v) is 19.3. The minimum absolute atomic E-state index is 0.0745. The first-order valence-corrected chi connectivity index (χ1v) is 11.2. The summed E-state index contributed by atoms with van der Waals surface area (Å²) in [6.07, 6.45) is 4.12. The van der Waals surface area contributed by atoms with E-state index in [2.05, 4.69) is 25.4 Å². The molecule has 0 fully saturated rings. The predicted molar refractivity (Wildman–Crippen MR) is 129 cm³/mol. The van der Waals surface area contributed by atoms with Crippen LogP contribution in [-0.2, 0) is 6.42 Å². The summed E-state index contributed by atoms with van der Waals surface area (Å²) >= 11 is 0. The molecule has 1 aliphatic heterocycles. The molecule has 11 nitrogen and oxygen atoms in total. The number of amidine groups is 1. The van der Waals surface area contributed by atoms with Gasteiger partial charge in [-0.25, -0.2) is 19.2 Å². The summed E-state index contributed by atoms with van der Waals surface area (Å²) in [7, 11) is 1.49. The third-order valence-corrected chi connectivity index (χ3v) is 5.81. The van der Waals surface area contributed by atoms with E-state index < -0.39 is 17.5 Å². The molecule has 0 saturated heterocycles. The summed E-state index contributed by atoms with van der Waals surface area (Å²) in [5.41, 5.74) is 6.72. The number of rotatable bonds is 7. The highest BCUT2D eigenvalue weighted by molar-refractivity contribution is 5.95. The number of nitrogens with one attached hydrogen (secondary N) is 3. The van der Waals surface area contributed by atoms with Crippen molar-refractivity contribution in [2.24, 2.45) is 5.73 Å². The number of hydrogen-bond donors (Lipinski definition) is 4. The number of aromatic nitrogens is 5. The van der Waals surface area contributed by atoms with Crippen LogP contribution in [-0.4, -0.2) is 44.3 Å². The van der Waals surface area contributed by atoms with Crippen LogP contribution in [0.1, 0.15) is 35.0 Å². The van der Waals surface area contributed by atoms with Crippen molar-refractivity contribution in [3.63, 3.8) is 0 Å². The van der Waals surface area contributed by atoms with Gasteiger partial charge in [-0.15, -0.1) is 9.78 Å². The van der Waals surface area contributed by atoms with E-state index in [1.165, 1.54) is 25.6 Å². The first kappa shape index (κ1) is 23.0. The van der Waals surface area contributed by atoms with E-state index in [0.29, 0.717) is 47.8 Å². The van der Waals surface area contributed by atoms with Crippen molar-refractivity contribution in [3.05, 3.63) is 87.6 Å². The van der Waals surface area contributed by atoms with Crippen LogP contribution in [0.3, 0.4) is 0 Å². The maximum atomic E-state index is 15.9. The second-order valence-corrected chi connectivity index (χ2v) is 8.09. The molecule has 3 heterocycles. The Morgan fingerprint density at radius 2 is 2.06 bits per heavy atom. The number of hydrogen-bond acceptors (Lipinski definition) is 8. The van der Waals surface area contributed by atoms with Gasteiger partial charge in [0.2, 0.25) is 0 Å². The Labute approximate surface area is 204 Å². The van der Waals surface area contributed by atoms with Crippen LogP contribution in [0.15, 0.2) is 53.6 Å². The lowest BCUT2D eigenvalue weighted by molar-refractivity contribution is 0.264. The molecule has 0 bridgehead atoms. The molecule has 1 aliphatic rings. The highest BCUT2D eigenvalue weighted by atomic mass is 19.1. The molecule has 0 spiro atoms. The first-order chi connectivity index (χ1) is 17.5. The summed E-state index contributed by atoms with van der Waals surface area (Å²) in [6.45, 7) is 0.473. The van der Waals surface area contributed by atoms with E-state index in [0.717, 1.165) is 4.68 Å². The van der Waals surface area contributed by atoms with Crippen LogP contribution in [0.4, 0.5) is 10.1 Å². The van der Waals surface area contributed by atoms with Gasteiger partial charge in [0.1, 0.15) is 17.7 Å². The number of H-pyrrole nitrogens is 1. The monoisotopic (exact) mass is 490 g/mol. The minimum Gasteiger partial charge on any atom is -0.493 e. The Hall–Kier alpha value is -4.74. The van der Waals surface area contributed by atoms with Crippen LogP contribution in [0.2, 0.25) is 0 Å². The summed E-state index contributed by atoms with van der Waals surface area (Å²) in [4.78, 5) is 23.6. The van der Waals surface area contributed by atoms with E-state index in [9.17, 15) is 4.79 Å². The quantitative estimate of drug-likeness (QED) is 0.227. The molecule has 0 saturated carbocycles. The molecule has 1 atom stereocenters. The van der Waals surface area contributed by atoms with Crippen LogP contribution < -0.4 is 26.2 Å². The zero-order chi connectivity index (χ0) is 25.2. The molecule has 4 aromatic rings. The third-order valence-electron chi connectivity index (χ3n) is 5.81. The fourth-order valence-corrected chi connectivity index (χ4v) is 4.07. The number of ether oxygens (including phenoxy) is 2. The Bertz CT molecular complexity index is 1470. The highest BCUT2D eigenvalue weighted by Gasteiger charge is 2.30. The lowest BCUT2D eigenvalue weighted by Crippen LogP contribution is -2.20. The van der Waals surface area contributed by atoms with Crippen molar-refractivity contribution in [1.29, 1.82) is 5.41 Å². The summed E-state index contributed by atoms with van der Waals surface area (Å²) < 4.78 is 28.2. The summed E-state index contributed by atoms with van der Waals surface area (Å²) in [6, 6.07) is 8.97. The number of aromatic amines is 1. The van der Waals surface area contributed by atoms with Crippen molar-refractivity contribution in [2.75, 3.05) is 19.0 Å². The minimum atomic E-state index is -0.924. The predicted octanol–water partition coefficient (Wildman–Crippen LogP) is 2.31. The second-order valence-electron chi connectivity index (χ2n) is 8.09. The lowest BCUT2D eigenvalue weighted by Gasteiger charge is -2.25. The van der Waals surface area contributed by atoms with Crippen molar-refractivity contribution in [2.45, 2.75) is 18.9 Å². The molecule has 5 rings (SSSR count). The molecule has 5 N–H and O–H groups in total. The summed E-state index contributed by atoms with van der Waals surface area (Å²) in [5, 5.41) is 15.2. The van der Waals surface area contributed by atoms with E-state index in [1.807, 2.05) is 0 Å². The van der Waals surface area contributed by atoms with Crippen molar-refractivity contribution < 1.29 is 13.9 Å². The van der Waals surface area contributed by atoms with Gasteiger partial charge in [0, 0.05) is 34.8 Å². The molecule has 0 amide bonds. The van der Waals surface area contributed by atoms with Crippen LogP contribution in [0.25, 0.3) is 5.95 Å². The normalized spacial score (nSPS) is 13.4. The van der Waals surface area contributed by atoms with Gasteiger partial charge >= 0.3 is 5.69 Å². The third kappa shape index (κ3) is 4.24. The van der Waals surface area contributed by atoms with Gasteiger partial charge in [0.15, 0.2) is 17.3 Å². The van der Waals surface area contributed by atoms with Gasteiger partial charge in [-0.2, -0.15) is 0 Å². The fraction of sp³-hybridized carbons (Fsp3) is 0.208. The topological polar surface area (TPSA) is 157 Å². The van der Waals surface area contributed by atoms with Crippen molar-refractivity contribution in [1.82, 2.24) is 24.7 Å². The Kier molecular flexibility index (Phi) is 6.07. The van der Waals surface area contributed by atoms with Crippen molar-refractivity contribution >= 4 is 11.5 Å². The van der Waals surface area contributed by atoms with Crippen LogP contribution in [0, 0.1) is 11.2 Å². The van der Waals surface area contributed by atoms with Crippen LogP contribution >= 0.6 is 0 Å². The Balaban J connectivity index is 1.64. The number of nitrogen functional groups attached to an aromatic ring is 1. The van der Waals surface area contributed by atoms with E-state index >= 15 is 4.39 Å². The van der Waals surface area contributed by atoms with Gasteiger partial charge in [-0.1, -0.05) is 0 Å². The van der Waals surface area contributed by atoms with Crippen LogP contribution in [0.5, 0.6) is 11.5 Å². The molecular formula is C24H23FN8O3. The van der Waals surface area contributed by atoms with Gasteiger partial charge in [-0.3, -0.25) is 10.4 Å². The number of methoxy groups -OCH3 is 1. The molecule has 0 radical (unpaired) electrons. The SMILES string of the molecule is COc1cc(C(Nc2ccc(C(=N)N)cc2)c2nn(-c3ncccn3)c(=O)[nH]2)c(F)c2c1OCCC2. The number of nitrogens with zero attached hydrogens (tertiary/aromatic N) is 4. The maximum absolute atomic E-state index is 15.9. The van der Waals surface area contributed by atoms with Gasteiger partial charge < -0.3 is 20.5 Å². The number of nitrogens with two attached hydrogens (primary N) is 1. The lowest BCUT2D eigenvalue weighted by atomic mass is 9.96. The first-order valence-electron chi connectivity index (χ1n) is 11.2. The Morgan fingerprint density at radius 1 is 1.31 bits per heavy atom. The second kappa shape index (κ2) is 9.49. The summed E-state index contributed by atoms with van der Waals surface area (Å²) in [5.74, 6) is 0.427. The Morgan fingerprint density at radius 3 is 2.75 bits per heavy atom. The molecule has 2 aromatic heterocycles. The molecule has 1 unspecified atom stereocenters. The van der Waals surface area contributed by atoms with Gasteiger partial charge in [-0.05, 0) is 49.2 Å². The molecule has 184 valence electrons. The van der Waals surface area contributed by atoms with E-state index in [1.54, 1.807) is 30.3 Å². The molecule has 12 heteroatoms.